The van der Waals surface area contributed by atoms with Crippen molar-refractivity contribution in [2.45, 2.75) is 39.4 Å². The van der Waals surface area contributed by atoms with Gasteiger partial charge in [0.1, 0.15) is 21.8 Å². The maximum atomic E-state index is 13.3. The Morgan fingerprint density at radius 3 is 2.21 bits per heavy atom. The van der Waals surface area contributed by atoms with E-state index in [1.54, 1.807) is 0 Å². The van der Waals surface area contributed by atoms with E-state index < -0.39 is 27.7 Å². The van der Waals surface area contributed by atoms with Gasteiger partial charge < -0.3 is 4.55 Å². The number of nitrogens with zero attached hydrogens (tertiary/aromatic N) is 1. The predicted molar refractivity (Wildman–Crippen MR) is 75.6 cm³/mol. The first kappa shape index (κ1) is 16.1. The molecule has 1 unspecified atom stereocenters. The van der Waals surface area contributed by atoms with E-state index in [1.807, 2.05) is 34.6 Å². The van der Waals surface area contributed by atoms with E-state index in [2.05, 4.69) is 4.40 Å². The van der Waals surface area contributed by atoms with Crippen LogP contribution in [0.25, 0.3) is 0 Å². The maximum Gasteiger partial charge on any atom is 0.159 e. The lowest BCUT2D eigenvalue weighted by Gasteiger charge is -2.20. The molecule has 1 atom stereocenters. The van der Waals surface area contributed by atoms with Gasteiger partial charge in [0.15, 0.2) is 11.6 Å². The van der Waals surface area contributed by atoms with Gasteiger partial charge >= 0.3 is 0 Å². The summed E-state index contributed by atoms with van der Waals surface area (Å²) in [6, 6.07) is 3.60. The summed E-state index contributed by atoms with van der Waals surface area (Å²) in [7, 11) is 0. The van der Waals surface area contributed by atoms with Crippen molar-refractivity contribution in [3.63, 3.8) is 0 Å². The van der Waals surface area contributed by atoms with Crippen molar-refractivity contribution >= 4 is 17.1 Å². The van der Waals surface area contributed by atoms with Crippen LogP contribution < -0.4 is 0 Å². The van der Waals surface area contributed by atoms with E-state index in [4.69, 9.17) is 0 Å². The monoisotopic (exact) mass is 287 g/mol. The van der Waals surface area contributed by atoms with Crippen LogP contribution in [0.4, 0.5) is 8.78 Å². The third-order valence-corrected chi connectivity index (χ3v) is 3.88. The number of hydrogen-bond acceptors (Lipinski definition) is 2. The van der Waals surface area contributed by atoms with Crippen molar-refractivity contribution in [2.24, 2.45) is 10.3 Å². The first-order valence-electron chi connectivity index (χ1n) is 6.09. The van der Waals surface area contributed by atoms with Crippen LogP contribution in [-0.2, 0) is 11.4 Å². The Balaban J connectivity index is 3.21. The zero-order chi connectivity index (χ0) is 14.8. The Kier molecular flexibility index (Phi) is 5.10. The molecule has 0 bridgehead atoms. The number of halogens is 2. The zero-order valence-corrected chi connectivity index (χ0v) is 12.6. The van der Waals surface area contributed by atoms with Crippen LogP contribution >= 0.6 is 0 Å². The molecular weight excluding hydrogens is 268 g/mol. The van der Waals surface area contributed by atoms with Gasteiger partial charge in [-0.15, -0.1) is 0 Å². The van der Waals surface area contributed by atoms with E-state index in [0.717, 1.165) is 12.1 Å². The van der Waals surface area contributed by atoms with E-state index in [1.165, 1.54) is 6.07 Å². The van der Waals surface area contributed by atoms with Gasteiger partial charge in [-0.2, -0.15) is 0 Å². The van der Waals surface area contributed by atoms with Crippen molar-refractivity contribution in [3.8, 4) is 0 Å². The van der Waals surface area contributed by atoms with Gasteiger partial charge in [0.05, 0.1) is 0 Å². The minimum absolute atomic E-state index is 0.0313. The van der Waals surface area contributed by atoms with E-state index in [-0.39, 0.29) is 5.92 Å². The summed E-state index contributed by atoms with van der Waals surface area (Å²) in [5.41, 5.74) is 0.985. The van der Waals surface area contributed by atoms with E-state index in [0.29, 0.717) is 11.3 Å². The van der Waals surface area contributed by atoms with Crippen molar-refractivity contribution in [1.82, 2.24) is 0 Å². The second-order valence-electron chi connectivity index (χ2n) is 5.62. The van der Waals surface area contributed by atoms with Crippen molar-refractivity contribution in [2.75, 3.05) is 0 Å². The van der Waals surface area contributed by atoms with E-state index in [9.17, 15) is 13.3 Å². The molecule has 5 heteroatoms. The average molecular weight is 287 g/mol. The lowest BCUT2D eigenvalue weighted by atomic mass is 10.0. The fourth-order valence-electron chi connectivity index (χ4n) is 1.37. The summed E-state index contributed by atoms with van der Waals surface area (Å²) in [4.78, 5) is 0. The fraction of sp³-hybridized carbons (Fsp3) is 0.500. The molecule has 2 nitrogen and oxygen atoms in total. The van der Waals surface area contributed by atoms with Crippen LogP contribution in [0.1, 0.15) is 40.2 Å². The molecule has 0 amide bonds. The Morgan fingerprint density at radius 1 is 1.21 bits per heavy atom. The van der Waals surface area contributed by atoms with Gasteiger partial charge in [-0.25, -0.2) is 8.78 Å². The Labute approximate surface area is 116 Å². The summed E-state index contributed by atoms with van der Waals surface area (Å²) in [5, 5.41) is 0. The molecule has 0 aliphatic rings. The van der Waals surface area contributed by atoms with Crippen molar-refractivity contribution < 1.29 is 13.3 Å². The summed E-state index contributed by atoms with van der Waals surface area (Å²) in [5.74, 6) is -1.85. The van der Waals surface area contributed by atoms with Crippen LogP contribution in [0.5, 0.6) is 0 Å². The summed E-state index contributed by atoms with van der Waals surface area (Å²) in [6.07, 6.45) is 0. The molecule has 0 N–H and O–H groups in total. The van der Waals surface area contributed by atoms with Crippen LogP contribution in [0.3, 0.4) is 0 Å². The molecule has 0 spiro atoms. The van der Waals surface area contributed by atoms with Gasteiger partial charge in [-0.1, -0.05) is 18.2 Å². The highest BCUT2D eigenvalue weighted by Crippen LogP contribution is 2.21. The molecule has 106 valence electrons. The first-order valence-corrected chi connectivity index (χ1v) is 7.19. The van der Waals surface area contributed by atoms with Crippen molar-refractivity contribution in [3.05, 3.63) is 35.4 Å². The summed E-state index contributed by atoms with van der Waals surface area (Å²) >= 11 is -1.43. The molecule has 19 heavy (non-hydrogen) atoms. The highest BCUT2D eigenvalue weighted by atomic mass is 32.2. The molecule has 0 aliphatic heterocycles. The number of rotatable bonds is 3. The quantitative estimate of drug-likeness (QED) is 0.614. The average Bonchev–Trinajstić information content (AvgIpc) is 2.27. The standard InChI is InChI=1S/C14H19F2NOS/c1-9(2)13(17-19(18)14(3,4)5)10-6-7-11(15)12(16)8-10/h6-9H,1-5H3. The second-order valence-corrected chi connectivity index (χ2v) is 7.53. The molecule has 0 radical (unpaired) electrons. The topological polar surface area (TPSA) is 35.4 Å². The molecule has 0 heterocycles. The lowest BCUT2D eigenvalue weighted by Crippen LogP contribution is -2.28. The van der Waals surface area contributed by atoms with Gasteiger partial charge in [-0.05, 0) is 39.0 Å². The lowest BCUT2D eigenvalue weighted by molar-refractivity contribution is 0.508. The van der Waals surface area contributed by atoms with Crippen LogP contribution in [0.15, 0.2) is 22.6 Å². The van der Waals surface area contributed by atoms with Gasteiger partial charge in [-0.3, -0.25) is 0 Å². The van der Waals surface area contributed by atoms with Gasteiger partial charge in [0.2, 0.25) is 0 Å². The zero-order valence-electron chi connectivity index (χ0n) is 11.8. The minimum Gasteiger partial charge on any atom is -0.591 e. The maximum absolute atomic E-state index is 13.3. The third kappa shape index (κ3) is 4.28. The SMILES string of the molecule is CC(C)C(=N[S+]([O-])C(C)(C)C)c1ccc(F)c(F)c1. The largest absolute Gasteiger partial charge is 0.591 e. The van der Waals surface area contributed by atoms with Crippen molar-refractivity contribution in [1.29, 1.82) is 0 Å². The van der Waals surface area contributed by atoms with E-state index >= 15 is 0 Å². The molecule has 0 saturated heterocycles. The molecule has 1 aromatic carbocycles. The minimum atomic E-state index is -1.43. The highest BCUT2D eigenvalue weighted by molar-refractivity contribution is 7.91. The second kappa shape index (κ2) is 6.01. The van der Waals surface area contributed by atoms with Gasteiger partial charge in [0.25, 0.3) is 0 Å². The van der Waals surface area contributed by atoms with Crippen LogP contribution in [-0.4, -0.2) is 15.0 Å². The molecular formula is C14H19F2NOS. The number of hydrogen-bond donors (Lipinski definition) is 0. The molecule has 0 saturated carbocycles. The fourth-order valence-corrected chi connectivity index (χ4v) is 2.14. The predicted octanol–water partition coefficient (Wildman–Crippen LogP) is 3.87. The van der Waals surface area contributed by atoms with Crippen LogP contribution in [0, 0.1) is 17.6 Å². The molecule has 1 rings (SSSR count). The Morgan fingerprint density at radius 2 is 1.79 bits per heavy atom. The Bertz CT molecular complexity index is 481. The van der Waals surface area contributed by atoms with Crippen LogP contribution in [0.2, 0.25) is 0 Å². The smallest absolute Gasteiger partial charge is 0.159 e. The molecule has 0 aliphatic carbocycles. The molecule has 1 aromatic rings. The summed E-state index contributed by atoms with van der Waals surface area (Å²) in [6.45, 7) is 9.20. The molecule has 0 aromatic heterocycles. The Hall–Kier alpha value is -0.940. The van der Waals surface area contributed by atoms with Gasteiger partial charge in [0, 0.05) is 11.5 Å². The summed E-state index contributed by atoms with van der Waals surface area (Å²) < 4.78 is 42.0. The highest BCUT2D eigenvalue weighted by Gasteiger charge is 2.28. The normalized spacial score (nSPS) is 14.9. The third-order valence-electron chi connectivity index (χ3n) is 2.47. The molecule has 0 fully saturated rings. The number of benzene rings is 1. The first-order chi connectivity index (χ1) is 8.62.